The van der Waals surface area contributed by atoms with Crippen molar-refractivity contribution in [2.45, 2.75) is 25.7 Å². The lowest BCUT2D eigenvalue weighted by Gasteiger charge is -2.14. The molecule has 0 bridgehead atoms. The minimum absolute atomic E-state index is 0.123. The van der Waals surface area contributed by atoms with Crippen molar-refractivity contribution in [3.63, 3.8) is 0 Å². The molecule has 4 nitrogen and oxygen atoms in total. The lowest BCUT2D eigenvalue weighted by atomic mass is 9.95. The molecule has 1 fully saturated rings. The molecular weight excluding hydrogens is 194 g/mol. The lowest BCUT2D eigenvalue weighted by molar-refractivity contribution is -0.146. The third kappa shape index (κ3) is 3.08. The van der Waals surface area contributed by atoms with Gasteiger partial charge in [0.15, 0.2) is 0 Å². The normalized spacial score (nSPS) is 24.8. The number of hydrogen-bond acceptors (Lipinski definition) is 2. The molecule has 0 aromatic heterocycles. The Labute approximate surface area is 89.4 Å². The van der Waals surface area contributed by atoms with Crippen LogP contribution >= 0.6 is 0 Å². The van der Waals surface area contributed by atoms with E-state index in [9.17, 15) is 9.59 Å². The third-order valence-electron chi connectivity index (χ3n) is 2.82. The smallest absolute Gasteiger partial charge is 0.307 e. The molecule has 0 radical (unpaired) electrons. The summed E-state index contributed by atoms with van der Waals surface area (Å²) in [4.78, 5) is 22.5. The molecule has 1 aliphatic carbocycles. The molecule has 15 heavy (non-hydrogen) atoms. The topological polar surface area (TPSA) is 66.4 Å². The maximum absolute atomic E-state index is 11.6. The minimum Gasteiger partial charge on any atom is -0.481 e. The average Bonchev–Trinajstić information content (AvgIpc) is 2.66. The Morgan fingerprint density at radius 1 is 1.40 bits per heavy atom. The number of carboxylic acid groups (broad SMARTS) is 1. The van der Waals surface area contributed by atoms with Crippen LogP contribution in [0.1, 0.15) is 25.7 Å². The van der Waals surface area contributed by atoms with Gasteiger partial charge in [-0.2, -0.15) is 0 Å². The molecule has 0 heterocycles. The monoisotopic (exact) mass is 211 g/mol. The van der Waals surface area contributed by atoms with Gasteiger partial charge in [-0.15, -0.1) is 6.58 Å². The van der Waals surface area contributed by atoms with Gasteiger partial charge in [0.2, 0.25) is 5.91 Å². The molecule has 0 aromatic carbocycles. The number of amides is 1. The molecule has 0 saturated heterocycles. The van der Waals surface area contributed by atoms with Crippen molar-refractivity contribution >= 4 is 11.9 Å². The van der Waals surface area contributed by atoms with Gasteiger partial charge in [0.1, 0.15) is 0 Å². The maximum atomic E-state index is 11.6. The molecule has 2 atom stereocenters. The first kappa shape index (κ1) is 11.8. The van der Waals surface area contributed by atoms with Crippen molar-refractivity contribution in [3.8, 4) is 0 Å². The number of carbonyl (C=O) groups is 2. The Morgan fingerprint density at radius 3 is 2.67 bits per heavy atom. The summed E-state index contributed by atoms with van der Waals surface area (Å²) >= 11 is 0. The number of aliphatic carboxylic acids is 1. The summed E-state index contributed by atoms with van der Waals surface area (Å²) in [6, 6.07) is 0. The number of nitrogens with one attached hydrogen (secondary N) is 1. The average molecular weight is 211 g/mol. The van der Waals surface area contributed by atoms with E-state index in [1.807, 2.05) is 0 Å². The van der Waals surface area contributed by atoms with E-state index in [0.29, 0.717) is 19.4 Å². The quantitative estimate of drug-likeness (QED) is 0.530. The van der Waals surface area contributed by atoms with Crippen molar-refractivity contribution in [2.75, 3.05) is 6.54 Å². The van der Waals surface area contributed by atoms with E-state index in [-0.39, 0.29) is 11.8 Å². The van der Waals surface area contributed by atoms with Crippen LogP contribution in [-0.2, 0) is 9.59 Å². The van der Waals surface area contributed by atoms with E-state index >= 15 is 0 Å². The standard InChI is InChI=1S/C11H17NO3/c1-2-3-7-12-10(13)8-5-4-6-9(8)11(14)15/h2,8-9H,1,3-7H2,(H,12,13)(H,14,15). The van der Waals surface area contributed by atoms with E-state index in [4.69, 9.17) is 5.11 Å². The lowest BCUT2D eigenvalue weighted by Crippen LogP contribution is -2.35. The molecule has 1 rings (SSSR count). The van der Waals surface area contributed by atoms with Crippen LogP contribution in [0.5, 0.6) is 0 Å². The molecule has 1 saturated carbocycles. The number of carbonyl (C=O) groups excluding carboxylic acids is 1. The van der Waals surface area contributed by atoms with Crippen molar-refractivity contribution in [3.05, 3.63) is 12.7 Å². The molecule has 0 aliphatic heterocycles. The van der Waals surface area contributed by atoms with Crippen molar-refractivity contribution < 1.29 is 14.7 Å². The Bertz CT molecular complexity index is 263. The zero-order valence-corrected chi connectivity index (χ0v) is 8.74. The van der Waals surface area contributed by atoms with Crippen LogP contribution in [0, 0.1) is 11.8 Å². The van der Waals surface area contributed by atoms with E-state index in [1.54, 1.807) is 6.08 Å². The summed E-state index contributed by atoms with van der Waals surface area (Å²) in [5.74, 6) is -1.81. The molecule has 2 N–H and O–H groups in total. The second kappa shape index (κ2) is 5.53. The highest BCUT2D eigenvalue weighted by Crippen LogP contribution is 2.31. The van der Waals surface area contributed by atoms with Gasteiger partial charge in [-0.05, 0) is 19.3 Å². The number of rotatable bonds is 5. The van der Waals surface area contributed by atoms with Gasteiger partial charge in [0.25, 0.3) is 0 Å². The molecule has 0 spiro atoms. The minimum atomic E-state index is -0.851. The van der Waals surface area contributed by atoms with E-state index in [2.05, 4.69) is 11.9 Å². The summed E-state index contributed by atoms with van der Waals surface area (Å²) in [5.41, 5.74) is 0. The van der Waals surface area contributed by atoms with Crippen LogP contribution in [0.2, 0.25) is 0 Å². The number of hydrogen-bond donors (Lipinski definition) is 2. The maximum Gasteiger partial charge on any atom is 0.307 e. The highest BCUT2D eigenvalue weighted by molar-refractivity contribution is 5.85. The highest BCUT2D eigenvalue weighted by Gasteiger charge is 2.37. The molecule has 1 aliphatic rings. The molecular formula is C11H17NO3. The van der Waals surface area contributed by atoms with Crippen LogP contribution in [0.15, 0.2) is 12.7 Å². The molecule has 0 aromatic rings. The predicted molar refractivity (Wildman–Crippen MR) is 56.3 cm³/mol. The molecule has 2 unspecified atom stereocenters. The van der Waals surface area contributed by atoms with Gasteiger partial charge in [-0.1, -0.05) is 12.5 Å². The van der Waals surface area contributed by atoms with Gasteiger partial charge in [-0.3, -0.25) is 9.59 Å². The summed E-state index contributed by atoms with van der Waals surface area (Å²) in [6.07, 6.45) is 4.59. The van der Waals surface area contributed by atoms with Gasteiger partial charge < -0.3 is 10.4 Å². The van der Waals surface area contributed by atoms with Crippen LogP contribution in [0.3, 0.4) is 0 Å². The first-order chi connectivity index (χ1) is 7.16. The van der Waals surface area contributed by atoms with E-state index < -0.39 is 11.9 Å². The second-order valence-corrected chi connectivity index (χ2v) is 3.85. The first-order valence-electron chi connectivity index (χ1n) is 5.28. The van der Waals surface area contributed by atoms with Gasteiger partial charge in [0, 0.05) is 6.54 Å². The Kier molecular flexibility index (Phi) is 4.34. The van der Waals surface area contributed by atoms with E-state index in [1.165, 1.54) is 0 Å². The Hall–Kier alpha value is -1.32. The number of carboxylic acids is 1. The summed E-state index contributed by atoms with van der Waals surface area (Å²) in [7, 11) is 0. The fourth-order valence-corrected chi connectivity index (χ4v) is 2.00. The fourth-order valence-electron chi connectivity index (χ4n) is 2.00. The Balaban J connectivity index is 2.43. The SMILES string of the molecule is C=CCCNC(=O)C1CCCC1C(=O)O. The van der Waals surface area contributed by atoms with Gasteiger partial charge in [0.05, 0.1) is 11.8 Å². The summed E-state index contributed by atoms with van der Waals surface area (Å²) < 4.78 is 0. The van der Waals surface area contributed by atoms with Crippen molar-refractivity contribution in [2.24, 2.45) is 11.8 Å². The largest absolute Gasteiger partial charge is 0.481 e. The summed E-state index contributed by atoms with van der Waals surface area (Å²) in [5, 5.41) is 11.6. The zero-order chi connectivity index (χ0) is 11.3. The van der Waals surface area contributed by atoms with Gasteiger partial charge >= 0.3 is 5.97 Å². The van der Waals surface area contributed by atoms with Crippen LogP contribution in [0.4, 0.5) is 0 Å². The van der Waals surface area contributed by atoms with Crippen LogP contribution in [0.25, 0.3) is 0 Å². The van der Waals surface area contributed by atoms with Crippen molar-refractivity contribution in [1.29, 1.82) is 0 Å². The van der Waals surface area contributed by atoms with E-state index in [0.717, 1.165) is 12.8 Å². The summed E-state index contributed by atoms with van der Waals surface area (Å²) in [6.45, 7) is 4.10. The Morgan fingerprint density at radius 2 is 2.07 bits per heavy atom. The third-order valence-corrected chi connectivity index (χ3v) is 2.82. The highest BCUT2D eigenvalue weighted by atomic mass is 16.4. The molecule has 84 valence electrons. The fraction of sp³-hybridized carbons (Fsp3) is 0.636. The van der Waals surface area contributed by atoms with Crippen LogP contribution < -0.4 is 5.32 Å². The van der Waals surface area contributed by atoms with Gasteiger partial charge in [-0.25, -0.2) is 0 Å². The second-order valence-electron chi connectivity index (χ2n) is 3.85. The first-order valence-corrected chi connectivity index (χ1v) is 5.28. The van der Waals surface area contributed by atoms with Crippen molar-refractivity contribution in [1.82, 2.24) is 5.32 Å². The van der Waals surface area contributed by atoms with Crippen LogP contribution in [-0.4, -0.2) is 23.5 Å². The molecule has 4 heteroatoms. The zero-order valence-electron chi connectivity index (χ0n) is 8.74. The predicted octanol–water partition coefficient (Wildman–Crippen LogP) is 1.18. The molecule has 1 amide bonds.